The average molecular weight is 293 g/mol. The zero-order valence-electron chi connectivity index (χ0n) is 12.5. The predicted molar refractivity (Wildman–Crippen MR) is 74.3 cm³/mol. The molecule has 0 radical (unpaired) electrons. The van der Waals surface area contributed by atoms with Crippen molar-refractivity contribution in [2.75, 3.05) is 6.54 Å². The molecular formula is C14H19N3O4. The van der Waals surface area contributed by atoms with E-state index in [1.807, 2.05) is 6.07 Å². The first-order chi connectivity index (χ1) is 9.55. The van der Waals surface area contributed by atoms with Crippen molar-refractivity contribution in [3.05, 3.63) is 23.5 Å². The molecule has 7 nitrogen and oxygen atoms in total. The highest BCUT2D eigenvalue weighted by Crippen LogP contribution is 2.14. The Morgan fingerprint density at radius 1 is 1.43 bits per heavy atom. The molecule has 0 spiro atoms. The third-order valence-electron chi connectivity index (χ3n) is 2.49. The molecule has 0 aliphatic rings. The normalized spacial score (nSPS) is 13.9. The lowest BCUT2D eigenvalue weighted by molar-refractivity contribution is -0.174. The van der Waals surface area contributed by atoms with E-state index in [0.717, 1.165) is 0 Å². The first kappa shape index (κ1) is 16.7. The van der Waals surface area contributed by atoms with E-state index in [1.54, 1.807) is 20.8 Å². The Labute approximate surface area is 122 Å². The van der Waals surface area contributed by atoms with Gasteiger partial charge in [0, 0.05) is 6.20 Å². The van der Waals surface area contributed by atoms with E-state index in [2.05, 4.69) is 10.3 Å². The zero-order valence-corrected chi connectivity index (χ0v) is 12.5. The van der Waals surface area contributed by atoms with Crippen LogP contribution in [0.3, 0.4) is 0 Å². The molecule has 0 aliphatic carbocycles. The Morgan fingerprint density at radius 2 is 2.05 bits per heavy atom. The van der Waals surface area contributed by atoms with E-state index < -0.39 is 23.1 Å². The summed E-state index contributed by atoms with van der Waals surface area (Å²) in [7, 11) is 0. The second kappa shape index (κ2) is 5.97. The maximum absolute atomic E-state index is 11.8. The standard InChI is InChI=1S/C14H19N3O4/c1-13(2,3)21-12(19)14(4,20)8-17-11(18)10-5-9(6-15)7-16-10/h5,7,16,20H,8H2,1-4H3,(H,17,18). The number of nitrogens with one attached hydrogen (secondary N) is 2. The maximum atomic E-state index is 11.8. The summed E-state index contributed by atoms with van der Waals surface area (Å²) in [5.41, 5.74) is -2.08. The highest BCUT2D eigenvalue weighted by molar-refractivity contribution is 5.93. The van der Waals surface area contributed by atoms with Gasteiger partial charge in [-0.1, -0.05) is 0 Å². The van der Waals surface area contributed by atoms with Crippen LogP contribution in [0.25, 0.3) is 0 Å². The van der Waals surface area contributed by atoms with Crippen molar-refractivity contribution in [3.8, 4) is 6.07 Å². The molecule has 1 unspecified atom stereocenters. The van der Waals surface area contributed by atoms with E-state index in [0.29, 0.717) is 5.56 Å². The van der Waals surface area contributed by atoms with Gasteiger partial charge in [-0.3, -0.25) is 4.79 Å². The second-order valence-corrected chi connectivity index (χ2v) is 5.87. The Bertz CT molecular complexity index is 576. The predicted octanol–water partition coefficient (Wildman–Crippen LogP) is 0.709. The number of nitriles is 1. The monoisotopic (exact) mass is 293 g/mol. The van der Waals surface area contributed by atoms with Crippen molar-refractivity contribution < 1.29 is 19.4 Å². The third kappa shape index (κ3) is 4.93. The molecule has 0 bridgehead atoms. The topological polar surface area (TPSA) is 115 Å². The Morgan fingerprint density at radius 3 is 2.52 bits per heavy atom. The minimum absolute atomic E-state index is 0.173. The van der Waals surface area contributed by atoms with Gasteiger partial charge in [0.25, 0.3) is 5.91 Å². The Balaban J connectivity index is 2.62. The summed E-state index contributed by atoms with van der Waals surface area (Å²) >= 11 is 0. The number of aliphatic hydroxyl groups is 1. The molecule has 1 amide bonds. The first-order valence-electron chi connectivity index (χ1n) is 6.38. The summed E-state index contributed by atoms with van der Waals surface area (Å²) in [6, 6.07) is 3.26. The molecule has 114 valence electrons. The SMILES string of the molecule is CC(C)(C)OC(=O)C(C)(O)CNC(=O)c1cc(C#N)c[nH]1. The maximum Gasteiger partial charge on any atom is 0.340 e. The van der Waals surface area contributed by atoms with Gasteiger partial charge in [-0.15, -0.1) is 0 Å². The van der Waals surface area contributed by atoms with E-state index in [4.69, 9.17) is 10.00 Å². The number of hydrogen-bond donors (Lipinski definition) is 3. The largest absolute Gasteiger partial charge is 0.458 e. The van der Waals surface area contributed by atoms with Crippen LogP contribution in [0.1, 0.15) is 43.7 Å². The lowest BCUT2D eigenvalue weighted by Crippen LogP contribution is -2.49. The zero-order chi connectivity index (χ0) is 16.3. The fourth-order valence-electron chi connectivity index (χ4n) is 1.40. The van der Waals surface area contributed by atoms with Crippen LogP contribution < -0.4 is 5.32 Å². The van der Waals surface area contributed by atoms with E-state index in [-0.39, 0.29) is 12.2 Å². The van der Waals surface area contributed by atoms with E-state index in [1.165, 1.54) is 19.2 Å². The van der Waals surface area contributed by atoms with Crippen LogP contribution in [0.15, 0.2) is 12.3 Å². The average Bonchev–Trinajstić information content (AvgIpc) is 2.82. The quantitative estimate of drug-likeness (QED) is 0.707. The molecule has 0 fully saturated rings. The molecule has 0 aromatic carbocycles. The lowest BCUT2D eigenvalue weighted by atomic mass is 10.1. The van der Waals surface area contributed by atoms with E-state index >= 15 is 0 Å². The van der Waals surface area contributed by atoms with Gasteiger partial charge in [0.1, 0.15) is 17.4 Å². The third-order valence-corrected chi connectivity index (χ3v) is 2.49. The number of rotatable bonds is 4. The highest BCUT2D eigenvalue weighted by atomic mass is 16.6. The molecule has 0 saturated carbocycles. The summed E-state index contributed by atoms with van der Waals surface area (Å²) in [6.07, 6.45) is 1.39. The number of ether oxygens (including phenoxy) is 1. The van der Waals surface area contributed by atoms with Gasteiger partial charge in [-0.25, -0.2) is 4.79 Å². The summed E-state index contributed by atoms with van der Waals surface area (Å²) < 4.78 is 5.07. The van der Waals surface area contributed by atoms with Gasteiger partial charge in [0.05, 0.1) is 12.1 Å². The molecular weight excluding hydrogens is 274 g/mol. The molecule has 1 rings (SSSR count). The van der Waals surface area contributed by atoms with E-state index in [9.17, 15) is 14.7 Å². The second-order valence-electron chi connectivity index (χ2n) is 5.87. The van der Waals surface area contributed by atoms with Crippen LogP contribution in [0, 0.1) is 11.3 Å². The molecule has 1 atom stereocenters. The highest BCUT2D eigenvalue weighted by Gasteiger charge is 2.35. The minimum Gasteiger partial charge on any atom is -0.458 e. The number of carbonyl (C=O) groups excluding carboxylic acids is 2. The molecule has 1 aromatic heterocycles. The summed E-state index contributed by atoms with van der Waals surface area (Å²) in [5, 5.41) is 21.1. The number of esters is 1. The number of aromatic nitrogens is 1. The van der Waals surface area contributed by atoms with Crippen molar-refractivity contribution in [3.63, 3.8) is 0 Å². The van der Waals surface area contributed by atoms with Gasteiger partial charge in [0.2, 0.25) is 0 Å². The molecule has 3 N–H and O–H groups in total. The van der Waals surface area contributed by atoms with Gasteiger partial charge in [-0.05, 0) is 33.8 Å². The number of aromatic amines is 1. The number of carbonyl (C=O) groups is 2. The van der Waals surface area contributed by atoms with Crippen LogP contribution in [-0.2, 0) is 9.53 Å². The molecule has 1 aromatic rings. The van der Waals surface area contributed by atoms with Crippen molar-refractivity contribution >= 4 is 11.9 Å². The fourth-order valence-corrected chi connectivity index (χ4v) is 1.40. The van der Waals surface area contributed by atoms with Crippen LogP contribution in [0.4, 0.5) is 0 Å². The van der Waals surface area contributed by atoms with Crippen molar-refractivity contribution in [2.24, 2.45) is 0 Å². The van der Waals surface area contributed by atoms with Crippen LogP contribution in [0.5, 0.6) is 0 Å². The molecule has 0 aliphatic heterocycles. The van der Waals surface area contributed by atoms with Crippen molar-refractivity contribution in [2.45, 2.75) is 38.9 Å². The van der Waals surface area contributed by atoms with Crippen LogP contribution in [-0.4, -0.2) is 39.7 Å². The summed E-state index contributed by atoms with van der Waals surface area (Å²) in [5.74, 6) is -1.35. The van der Waals surface area contributed by atoms with Crippen LogP contribution in [0.2, 0.25) is 0 Å². The minimum atomic E-state index is -1.84. The first-order valence-corrected chi connectivity index (χ1v) is 6.38. The Kier molecular flexibility index (Phi) is 4.76. The molecule has 1 heterocycles. The smallest absolute Gasteiger partial charge is 0.340 e. The number of hydrogen-bond acceptors (Lipinski definition) is 5. The van der Waals surface area contributed by atoms with Gasteiger partial charge < -0.3 is 20.1 Å². The van der Waals surface area contributed by atoms with Crippen molar-refractivity contribution in [1.29, 1.82) is 5.26 Å². The number of nitrogens with zero attached hydrogens (tertiary/aromatic N) is 1. The number of H-pyrrole nitrogens is 1. The van der Waals surface area contributed by atoms with Gasteiger partial charge in [0.15, 0.2) is 5.60 Å². The summed E-state index contributed by atoms with van der Waals surface area (Å²) in [4.78, 5) is 26.2. The fraction of sp³-hybridized carbons (Fsp3) is 0.500. The van der Waals surface area contributed by atoms with Crippen molar-refractivity contribution in [1.82, 2.24) is 10.3 Å². The number of amides is 1. The molecule has 21 heavy (non-hydrogen) atoms. The molecule has 0 saturated heterocycles. The lowest BCUT2D eigenvalue weighted by Gasteiger charge is -2.27. The van der Waals surface area contributed by atoms with Gasteiger partial charge in [-0.2, -0.15) is 5.26 Å². The summed E-state index contributed by atoms with van der Waals surface area (Å²) in [6.45, 7) is 6.00. The molecule has 7 heteroatoms. The van der Waals surface area contributed by atoms with Gasteiger partial charge >= 0.3 is 5.97 Å². The van der Waals surface area contributed by atoms with Crippen LogP contribution >= 0.6 is 0 Å². The Hall–Kier alpha value is -2.33.